The molecule has 21 heavy (non-hydrogen) atoms. The number of thiophene rings is 1. The molecule has 0 saturated carbocycles. The van der Waals surface area contributed by atoms with E-state index in [4.69, 9.17) is 23.2 Å². The van der Waals surface area contributed by atoms with Crippen LogP contribution in [0.3, 0.4) is 0 Å². The van der Waals surface area contributed by atoms with Crippen LogP contribution in [0, 0.1) is 11.3 Å². The molecule has 3 nitrogen and oxygen atoms in total. The van der Waals surface area contributed by atoms with Crippen LogP contribution in [0.2, 0.25) is 10.0 Å². The SMILES string of the molecule is N#Cc1c(NC(=O)c2cc(Cl)cc(Cl)c2)sc2c1CCC2. The largest absolute Gasteiger partial charge is 0.312 e. The van der Waals surface area contributed by atoms with Crippen LogP contribution in [0.25, 0.3) is 0 Å². The maximum atomic E-state index is 12.3. The Labute approximate surface area is 136 Å². The van der Waals surface area contributed by atoms with Gasteiger partial charge in [0.05, 0.1) is 5.56 Å². The van der Waals surface area contributed by atoms with Crippen molar-refractivity contribution in [1.29, 1.82) is 5.26 Å². The number of nitrogens with one attached hydrogen (secondary N) is 1. The van der Waals surface area contributed by atoms with E-state index >= 15 is 0 Å². The summed E-state index contributed by atoms with van der Waals surface area (Å²) in [6.45, 7) is 0. The van der Waals surface area contributed by atoms with Gasteiger partial charge in [0.15, 0.2) is 0 Å². The molecule has 0 bridgehead atoms. The van der Waals surface area contributed by atoms with Gasteiger partial charge in [0.1, 0.15) is 11.1 Å². The average Bonchev–Trinajstić information content (AvgIpc) is 2.97. The summed E-state index contributed by atoms with van der Waals surface area (Å²) < 4.78 is 0. The number of fused-ring (bicyclic) bond motifs is 1. The minimum Gasteiger partial charge on any atom is -0.312 e. The molecule has 1 aromatic carbocycles. The van der Waals surface area contributed by atoms with Crippen LogP contribution in [0.1, 0.15) is 32.8 Å². The van der Waals surface area contributed by atoms with E-state index in [2.05, 4.69) is 11.4 Å². The third kappa shape index (κ3) is 2.77. The summed E-state index contributed by atoms with van der Waals surface area (Å²) in [4.78, 5) is 13.5. The minimum atomic E-state index is -0.309. The molecule has 0 atom stereocenters. The number of rotatable bonds is 2. The smallest absolute Gasteiger partial charge is 0.256 e. The quantitative estimate of drug-likeness (QED) is 0.866. The molecule has 0 fully saturated rings. The lowest BCUT2D eigenvalue weighted by molar-refractivity contribution is 0.102. The fraction of sp³-hybridized carbons (Fsp3) is 0.200. The Hall–Kier alpha value is -1.54. The first-order chi connectivity index (χ1) is 10.1. The van der Waals surface area contributed by atoms with Gasteiger partial charge in [-0.05, 0) is 43.0 Å². The number of aryl methyl sites for hydroxylation is 1. The zero-order valence-corrected chi connectivity index (χ0v) is 13.2. The van der Waals surface area contributed by atoms with Crippen molar-refractivity contribution in [3.05, 3.63) is 49.8 Å². The molecule has 1 aliphatic carbocycles. The van der Waals surface area contributed by atoms with Gasteiger partial charge in [0.25, 0.3) is 5.91 Å². The topological polar surface area (TPSA) is 52.9 Å². The highest BCUT2D eigenvalue weighted by atomic mass is 35.5. The van der Waals surface area contributed by atoms with E-state index in [0.29, 0.717) is 26.2 Å². The molecule has 0 unspecified atom stereocenters. The van der Waals surface area contributed by atoms with Crippen molar-refractivity contribution < 1.29 is 4.79 Å². The van der Waals surface area contributed by atoms with Crippen LogP contribution in [0.5, 0.6) is 0 Å². The molecule has 0 radical (unpaired) electrons. The monoisotopic (exact) mass is 336 g/mol. The summed E-state index contributed by atoms with van der Waals surface area (Å²) in [7, 11) is 0. The van der Waals surface area contributed by atoms with E-state index in [1.807, 2.05) is 0 Å². The van der Waals surface area contributed by atoms with E-state index in [1.165, 1.54) is 16.2 Å². The third-order valence-electron chi connectivity index (χ3n) is 3.38. The molecule has 1 N–H and O–H groups in total. The molecule has 1 heterocycles. The van der Waals surface area contributed by atoms with Crippen molar-refractivity contribution in [3.63, 3.8) is 0 Å². The molecule has 1 aromatic heterocycles. The van der Waals surface area contributed by atoms with Crippen LogP contribution < -0.4 is 5.32 Å². The Bertz CT molecular complexity index is 756. The van der Waals surface area contributed by atoms with Gasteiger partial charge >= 0.3 is 0 Å². The van der Waals surface area contributed by atoms with Gasteiger partial charge in [-0.25, -0.2) is 0 Å². The molecular formula is C15H10Cl2N2OS. The van der Waals surface area contributed by atoms with Gasteiger partial charge in [-0.15, -0.1) is 11.3 Å². The number of nitrogens with zero attached hydrogens (tertiary/aromatic N) is 1. The maximum absolute atomic E-state index is 12.3. The van der Waals surface area contributed by atoms with Crippen molar-refractivity contribution in [3.8, 4) is 6.07 Å². The van der Waals surface area contributed by atoms with Gasteiger partial charge in [0.2, 0.25) is 0 Å². The molecule has 1 amide bonds. The molecule has 0 saturated heterocycles. The second kappa shape index (κ2) is 5.69. The average molecular weight is 337 g/mol. The fourth-order valence-corrected chi connectivity index (χ4v) is 4.23. The van der Waals surface area contributed by atoms with Crippen LogP contribution >= 0.6 is 34.5 Å². The lowest BCUT2D eigenvalue weighted by atomic mass is 10.1. The number of benzene rings is 1. The molecule has 1 aliphatic rings. The number of anilines is 1. The Kier molecular flexibility index (Phi) is 3.90. The van der Waals surface area contributed by atoms with Crippen LogP contribution in [-0.2, 0) is 12.8 Å². The summed E-state index contributed by atoms with van der Waals surface area (Å²) in [5.74, 6) is -0.309. The molecule has 0 aliphatic heterocycles. The van der Waals surface area contributed by atoms with E-state index in [0.717, 1.165) is 24.8 Å². The fourth-order valence-electron chi connectivity index (χ4n) is 2.47. The minimum absolute atomic E-state index is 0.309. The summed E-state index contributed by atoms with van der Waals surface area (Å²) in [5, 5.41) is 13.5. The van der Waals surface area contributed by atoms with Gasteiger partial charge in [-0.3, -0.25) is 4.79 Å². The lowest BCUT2D eigenvalue weighted by Crippen LogP contribution is -2.11. The molecule has 106 valence electrons. The van der Waals surface area contributed by atoms with Crippen molar-refractivity contribution in [2.75, 3.05) is 5.32 Å². The summed E-state index contributed by atoms with van der Waals surface area (Å²) in [5.41, 5.74) is 2.06. The highest BCUT2D eigenvalue weighted by molar-refractivity contribution is 7.16. The first-order valence-corrected chi connectivity index (χ1v) is 7.98. The number of carbonyl (C=O) groups excluding carboxylic acids is 1. The van der Waals surface area contributed by atoms with E-state index in [1.54, 1.807) is 18.2 Å². The highest BCUT2D eigenvalue weighted by Crippen LogP contribution is 2.38. The number of carbonyl (C=O) groups is 1. The van der Waals surface area contributed by atoms with Gasteiger partial charge in [-0.1, -0.05) is 23.2 Å². The summed E-state index contributed by atoms with van der Waals surface area (Å²) in [6.07, 6.45) is 2.97. The second-order valence-corrected chi connectivity index (χ2v) is 6.76. The Morgan fingerprint density at radius 3 is 2.62 bits per heavy atom. The number of hydrogen-bond acceptors (Lipinski definition) is 3. The number of hydrogen-bond donors (Lipinski definition) is 1. The van der Waals surface area contributed by atoms with Crippen LogP contribution in [0.4, 0.5) is 5.00 Å². The molecule has 3 rings (SSSR count). The van der Waals surface area contributed by atoms with E-state index in [9.17, 15) is 10.1 Å². The summed E-state index contributed by atoms with van der Waals surface area (Å²) >= 11 is 13.3. The number of nitriles is 1. The van der Waals surface area contributed by atoms with Crippen LogP contribution in [-0.4, -0.2) is 5.91 Å². The molecular weight excluding hydrogens is 327 g/mol. The summed E-state index contributed by atoms with van der Waals surface area (Å²) in [6, 6.07) is 6.87. The predicted molar refractivity (Wildman–Crippen MR) is 85.5 cm³/mol. The maximum Gasteiger partial charge on any atom is 0.256 e. The zero-order valence-electron chi connectivity index (χ0n) is 10.9. The number of amides is 1. The molecule has 0 spiro atoms. The van der Waals surface area contributed by atoms with Gasteiger partial charge < -0.3 is 5.32 Å². The van der Waals surface area contributed by atoms with Gasteiger partial charge in [0, 0.05) is 20.5 Å². The molecule has 2 aromatic rings. The van der Waals surface area contributed by atoms with E-state index in [-0.39, 0.29) is 5.91 Å². The van der Waals surface area contributed by atoms with E-state index < -0.39 is 0 Å². The van der Waals surface area contributed by atoms with Crippen molar-refractivity contribution in [2.24, 2.45) is 0 Å². The Morgan fingerprint density at radius 2 is 1.95 bits per heavy atom. The molecule has 6 heteroatoms. The zero-order chi connectivity index (χ0) is 15.0. The van der Waals surface area contributed by atoms with Crippen molar-refractivity contribution in [1.82, 2.24) is 0 Å². The Morgan fingerprint density at radius 1 is 1.24 bits per heavy atom. The normalized spacial score (nSPS) is 12.8. The Balaban J connectivity index is 1.90. The lowest BCUT2D eigenvalue weighted by Gasteiger charge is -2.05. The first-order valence-electron chi connectivity index (χ1n) is 6.40. The van der Waals surface area contributed by atoms with Gasteiger partial charge in [-0.2, -0.15) is 5.26 Å². The third-order valence-corrected chi connectivity index (χ3v) is 5.03. The van der Waals surface area contributed by atoms with Crippen molar-refractivity contribution in [2.45, 2.75) is 19.3 Å². The van der Waals surface area contributed by atoms with Crippen molar-refractivity contribution >= 4 is 45.4 Å². The number of halogens is 2. The standard InChI is InChI=1S/C15H10Cl2N2OS/c16-9-4-8(5-10(17)6-9)14(20)19-15-12(7-18)11-2-1-3-13(11)21-15/h4-6H,1-3H2,(H,19,20). The first kappa shape index (κ1) is 14.4. The van der Waals surface area contributed by atoms with Crippen LogP contribution in [0.15, 0.2) is 18.2 Å². The second-order valence-electron chi connectivity index (χ2n) is 4.79. The predicted octanol–water partition coefficient (Wildman–Crippen LogP) is 4.67. The highest BCUT2D eigenvalue weighted by Gasteiger charge is 2.23.